The van der Waals surface area contributed by atoms with Gasteiger partial charge in [-0.1, -0.05) is 0 Å². The highest BCUT2D eigenvalue weighted by Crippen LogP contribution is 2.38. The van der Waals surface area contributed by atoms with Crippen molar-refractivity contribution in [2.75, 3.05) is 13.7 Å². The Balaban J connectivity index is 1.26. The summed E-state index contributed by atoms with van der Waals surface area (Å²) >= 11 is 0. The van der Waals surface area contributed by atoms with Gasteiger partial charge in [-0.3, -0.25) is 9.78 Å². The number of amides is 1. The predicted octanol–water partition coefficient (Wildman–Crippen LogP) is 6.67. The number of hydrogen-bond donors (Lipinski definition) is 2. The SMILES string of the molecule is COc1cc(F)c(F)c(-c2[nH]c(C)cc2C(=O)NCC2CCC(c3ccnc4ccc(F)cc34)CC2)c1. The van der Waals surface area contributed by atoms with Gasteiger partial charge in [0.25, 0.3) is 5.91 Å². The molecule has 2 aromatic heterocycles. The number of benzene rings is 2. The molecule has 1 aliphatic rings. The molecule has 0 bridgehead atoms. The summed E-state index contributed by atoms with van der Waals surface area (Å²) in [5, 5.41) is 3.84. The fourth-order valence-corrected chi connectivity index (χ4v) is 5.35. The van der Waals surface area contributed by atoms with Gasteiger partial charge >= 0.3 is 0 Å². The summed E-state index contributed by atoms with van der Waals surface area (Å²) in [7, 11) is 1.37. The van der Waals surface area contributed by atoms with Gasteiger partial charge in [0.05, 0.1) is 23.9 Å². The number of carbonyl (C=O) groups is 1. The van der Waals surface area contributed by atoms with E-state index in [-0.39, 0.29) is 34.3 Å². The van der Waals surface area contributed by atoms with Crippen LogP contribution in [-0.4, -0.2) is 29.5 Å². The summed E-state index contributed by atoms with van der Waals surface area (Å²) in [4.78, 5) is 20.4. The third-order valence-electron chi connectivity index (χ3n) is 7.28. The summed E-state index contributed by atoms with van der Waals surface area (Å²) in [5.74, 6) is -1.95. The lowest BCUT2D eigenvalue weighted by molar-refractivity contribution is 0.0943. The molecule has 5 rings (SSSR count). The average molecular weight is 508 g/mol. The summed E-state index contributed by atoms with van der Waals surface area (Å²) in [6.07, 6.45) is 5.46. The molecule has 8 heteroatoms. The number of methoxy groups -OCH3 is 1. The number of nitrogens with one attached hydrogen (secondary N) is 2. The van der Waals surface area contributed by atoms with Gasteiger partial charge < -0.3 is 15.0 Å². The van der Waals surface area contributed by atoms with Crippen LogP contribution in [0.3, 0.4) is 0 Å². The Morgan fingerprint density at radius 2 is 1.86 bits per heavy atom. The van der Waals surface area contributed by atoms with Crippen LogP contribution in [0.4, 0.5) is 13.2 Å². The number of hydrogen-bond acceptors (Lipinski definition) is 3. The Morgan fingerprint density at radius 3 is 2.62 bits per heavy atom. The number of aromatic amines is 1. The van der Waals surface area contributed by atoms with E-state index in [9.17, 15) is 18.0 Å². The van der Waals surface area contributed by atoms with Gasteiger partial charge in [-0.15, -0.1) is 0 Å². The minimum Gasteiger partial charge on any atom is -0.497 e. The predicted molar refractivity (Wildman–Crippen MR) is 136 cm³/mol. The van der Waals surface area contributed by atoms with Crippen LogP contribution < -0.4 is 10.1 Å². The number of ether oxygens (including phenoxy) is 1. The first-order valence-corrected chi connectivity index (χ1v) is 12.4. The summed E-state index contributed by atoms with van der Waals surface area (Å²) in [6, 6.07) is 10.6. The number of pyridine rings is 1. The van der Waals surface area contributed by atoms with Gasteiger partial charge in [-0.2, -0.15) is 0 Å². The molecule has 1 saturated carbocycles. The largest absolute Gasteiger partial charge is 0.497 e. The van der Waals surface area contributed by atoms with Crippen LogP contribution in [0.15, 0.2) is 48.7 Å². The number of fused-ring (bicyclic) bond motifs is 1. The van der Waals surface area contributed by atoms with Gasteiger partial charge in [-0.05, 0) is 86.4 Å². The van der Waals surface area contributed by atoms with E-state index >= 15 is 0 Å². The van der Waals surface area contributed by atoms with Gasteiger partial charge in [0.2, 0.25) is 0 Å². The van der Waals surface area contributed by atoms with Crippen LogP contribution in [-0.2, 0) is 0 Å². The van der Waals surface area contributed by atoms with Crippen molar-refractivity contribution in [3.8, 4) is 17.0 Å². The van der Waals surface area contributed by atoms with Crippen molar-refractivity contribution in [2.24, 2.45) is 5.92 Å². The molecule has 0 spiro atoms. The summed E-state index contributed by atoms with van der Waals surface area (Å²) in [5.41, 5.74) is 2.97. The number of aromatic nitrogens is 2. The van der Waals surface area contributed by atoms with Crippen LogP contribution >= 0.6 is 0 Å². The highest BCUT2D eigenvalue weighted by Gasteiger charge is 2.26. The van der Waals surface area contributed by atoms with E-state index in [2.05, 4.69) is 15.3 Å². The van der Waals surface area contributed by atoms with E-state index in [0.29, 0.717) is 24.1 Å². The first-order chi connectivity index (χ1) is 17.8. The van der Waals surface area contributed by atoms with E-state index in [0.717, 1.165) is 48.2 Å². The zero-order valence-electron chi connectivity index (χ0n) is 20.7. The van der Waals surface area contributed by atoms with E-state index in [4.69, 9.17) is 4.74 Å². The molecule has 192 valence electrons. The number of rotatable bonds is 6. The van der Waals surface area contributed by atoms with Crippen molar-refractivity contribution < 1.29 is 22.7 Å². The molecule has 4 aromatic rings. The molecule has 0 radical (unpaired) electrons. The van der Waals surface area contributed by atoms with Crippen molar-refractivity contribution in [1.82, 2.24) is 15.3 Å². The molecule has 0 saturated heterocycles. The van der Waals surface area contributed by atoms with Crippen LogP contribution in [0.1, 0.15) is 53.2 Å². The number of aryl methyl sites for hydroxylation is 1. The molecular formula is C29H28F3N3O2. The molecule has 0 unspecified atom stereocenters. The maximum Gasteiger partial charge on any atom is 0.253 e. The van der Waals surface area contributed by atoms with Crippen LogP contribution in [0.25, 0.3) is 22.2 Å². The van der Waals surface area contributed by atoms with Gasteiger partial charge in [-0.25, -0.2) is 13.2 Å². The van der Waals surface area contributed by atoms with Crippen LogP contribution in [0.5, 0.6) is 5.75 Å². The summed E-state index contributed by atoms with van der Waals surface area (Å²) in [6.45, 7) is 2.24. The highest BCUT2D eigenvalue weighted by atomic mass is 19.2. The first-order valence-electron chi connectivity index (χ1n) is 12.4. The molecule has 37 heavy (non-hydrogen) atoms. The van der Waals surface area contributed by atoms with E-state index in [1.807, 2.05) is 6.07 Å². The Kier molecular flexibility index (Phi) is 6.91. The fraction of sp³-hybridized carbons (Fsp3) is 0.310. The zero-order valence-corrected chi connectivity index (χ0v) is 20.7. The number of H-pyrrole nitrogens is 1. The molecule has 5 nitrogen and oxygen atoms in total. The monoisotopic (exact) mass is 507 g/mol. The maximum atomic E-state index is 14.6. The lowest BCUT2D eigenvalue weighted by Crippen LogP contribution is -2.31. The van der Waals surface area contributed by atoms with Crippen molar-refractivity contribution in [1.29, 1.82) is 0 Å². The standard InChI is InChI=1S/C29H28F3N3O2/c1-16-11-24(28(35-16)23-13-20(37-2)14-25(31)27(23)32)29(36)34-15-17-3-5-18(6-4-17)21-9-10-33-26-8-7-19(30)12-22(21)26/h7-14,17-18,35H,3-6,15H2,1-2H3,(H,34,36). The molecule has 2 aromatic carbocycles. The zero-order chi connectivity index (χ0) is 26.1. The second-order valence-electron chi connectivity index (χ2n) is 9.70. The lowest BCUT2D eigenvalue weighted by Gasteiger charge is -2.29. The fourth-order valence-electron chi connectivity index (χ4n) is 5.35. The van der Waals surface area contributed by atoms with Gasteiger partial charge in [0.15, 0.2) is 11.6 Å². The smallest absolute Gasteiger partial charge is 0.253 e. The molecule has 2 N–H and O–H groups in total. The Morgan fingerprint density at radius 1 is 1.08 bits per heavy atom. The van der Waals surface area contributed by atoms with Crippen molar-refractivity contribution in [3.63, 3.8) is 0 Å². The number of nitrogens with zero attached hydrogens (tertiary/aromatic N) is 1. The first kappa shape index (κ1) is 24.9. The second-order valence-corrected chi connectivity index (χ2v) is 9.70. The van der Waals surface area contributed by atoms with Crippen molar-refractivity contribution in [3.05, 3.63) is 82.9 Å². The molecule has 1 aliphatic carbocycles. The van der Waals surface area contributed by atoms with Gasteiger partial charge in [0.1, 0.15) is 11.6 Å². The third-order valence-corrected chi connectivity index (χ3v) is 7.28. The normalized spacial score (nSPS) is 17.6. The Bertz CT molecular complexity index is 1460. The number of halogens is 3. The minimum absolute atomic E-state index is 0.0587. The number of carbonyl (C=O) groups excluding carboxylic acids is 1. The molecule has 1 fully saturated rings. The molecular weight excluding hydrogens is 479 g/mol. The minimum atomic E-state index is -1.05. The van der Waals surface area contributed by atoms with Crippen LogP contribution in [0.2, 0.25) is 0 Å². The second kappa shape index (κ2) is 10.3. The maximum absolute atomic E-state index is 14.6. The Labute approximate surface area is 213 Å². The summed E-state index contributed by atoms with van der Waals surface area (Å²) < 4.78 is 47.7. The molecule has 1 amide bonds. The molecule has 0 atom stereocenters. The topological polar surface area (TPSA) is 67.0 Å². The molecule has 0 aliphatic heterocycles. The van der Waals surface area contributed by atoms with E-state index in [1.165, 1.54) is 19.2 Å². The average Bonchev–Trinajstić information content (AvgIpc) is 3.30. The third kappa shape index (κ3) is 5.05. The quantitative estimate of drug-likeness (QED) is 0.306. The molecule has 2 heterocycles. The lowest BCUT2D eigenvalue weighted by atomic mass is 9.78. The van der Waals surface area contributed by atoms with Crippen molar-refractivity contribution in [2.45, 2.75) is 38.5 Å². The van der Waals surface area contributed by atoms with Crippen LogP contribution in [0, 0.1) is 30.3 Å². The Hall–Kier alpha value is -3.81. The van der Waals surface area contributed by atoms with Crippen molar-refractivity contribution >= 4 is 16.8 Å². The highest BCUT2D eigenvalue weighted by molar-refractivity contribution is 6.00. The van der Waals surface area contributed by atoms with E-state index in [1.54, 1.807) is 31.3 Å². The van der Waals surface area contributed by atoms with E-state index < -0.39 is 11.6 Å². The van der Waals surface area contributed by atoms with Gasteiger partial charge in [0, 0.05) is 35.5 Å².